The first-order chi connectivity index (χ1) is 16.0. The van der Waals surface area contributed by atoms with Gasteiger partial charge in [-0.05, 0) is 53.9 Å². The SMILES string of the molecule is O=C(NCC1CC1C(=O)N1CCCC[C@H]1C(=O)O)OCC1c2ccccc2-c2ccccc21. The van der Waals surface area contributed by atoms with E-state index >= 15 is 0 Å². The molecule has 0 bridgehead atoms. The minimum Gasteiger partial charge on any atom is -0.480 e. The predicted octanol–water partition coefficient (Wildman–Crippen LogP) is 3.63. The van der Waals surface area contributed by atoms with Gasteiger partial charge in [-0.15, -0.1) is 0 Å². The van der Waals surface area contributed by atoms with Crippen LogP contribution in [0.25, 0.3) is 11.1 Å². The Balaban J connectivity index is 1.12. The topological polar surface area (TPSA) is 95.9 Å². The van der Waals surface area contributed by atoms with Gasteiger partial charge in [-0.2, -0.15) is 0 Å². The van der Waals surface area contributed by atoms with Crippen molar-refractivity contribution in [3.8, 4) is 11.1 Å². The van der Waals surface area contributed by atoms with Crippen molar-refractivity contribution in [1.82, 2.24) is 10.2 Å². The van der Waals surface area contributed by atoms with E-state index in [0.29, 0.717) is 25.9 Å². The van der Waals surface area contributed by atoms with Gasteiger partial charge in [0.2, 0.25) is 5.91 Å². The van der Waals surface area contributed by atoms with Crippen LogP contribution in [0.3, 0.4) is 0 Å². The highest BCUT2D eigenvalue weighted by atomic mass is 16.5. The lowest BCUT2D eigenvalue weighted by Gasteiger charge is -2.33. The number of amides is 2. The minimum atomic E-state index is -0.933. The first-order valence-electron chi connectivity index (χ1n) is 11.7. The second kappa shape index (κ2) is 8.89. The third-order valence-corrected chi connectivity index (χ3v) is 7.16. The number of fused-ring (bicyclic) bond motifs is 3. The van der Waals surface area contributed by atoms with Crippen LogP contribution in [0.5, 0.6) is 0 Å². The fraction of sp³-hybridized carbons (Fsp3) is 0.423. The first-order valence-corrected chi connectivity index (χ1v) is 11.7. The van der Waals surface area contributed by atoms with Gasteiger partial charge in [0.1, 0.15) is 12.6 Å². The first kappa shape index (κ1) is 21.5. The molecular formula is C26H28N2O5. The molecule has 172 valence electrons. The van der Waals surface area contributed by atoms with Crippen molar-refractivity contribution in [3.63, 3.8) is 0 Å². The third kappa shape index (κ3) is 4.19. The maximum absolute atomic E-state index is 12.8. The number of rotatable bonds is 6. The molecule has 2 N–H and O–H groups in total. The molecule has 0 radical (unpaired) electrons. The Morgan fingerprint density at radius 1 is 1.00 bits per heavy atom. The van der Waals surface area contributed by atoms with Crippen molar-refractivity contribution in [2.45, 2.75) is 37.6 Å². The number of carboxylic acid groups (broad SMARTS) is 1. The van der Waals surface area contributed by atoms with Crippen LogP contribution in [0.4, 0.5) is 4.79 Å². The Hall–Kier alpha value is -3.35. The van der Waals surface area contributed by atoms with E-state index in [0.717, 1.165) is 24.0 Å². The molecule has 0 aromatic heterocycles. The molecule has 2 aromatic rings. The van der Waals surface area contributed by atoms with Crippen molar-refractivity contribution in [1.29, 1.82) is 0 Å². The summed E-state index contributed by atoms with van der Waals surface area (Å²) in [6.45, 7) is 1.11. The van der Waals surface area contributed by atoms with E-state index in [9.17, 15) is 19.5 Å². The fourth-order valence-corrected chi connectivity index (χ4v) is 5.30. The van der Waals surface area contributed by atoms with Crippen LogP contribution in [0.1, 0.15) is 42.7 Å². The van der Waals surface area contributed by atoms with Crippen LogP contribution >= 0.6 is 0 Å². The number of alkyl carbamates (subject to hydrolysis) is 1. The maximum atomic E-state index is 12.8. The van der Waals surface area contributed by atoms with Gasteiger partial charge in [0, 0.05) is 24.9 Å². The molecule has 1 saturated carbocycles. The van der Waals surface area contributed by atoms with Crippen molar-refractivity contribution in [2.75, 3.05) is 19.7 Å². The van der Waals surface area contributed by atoms with E-state index in [1.807, 2.05) is 24.3 Å². The summed E-state index contributed by atoms with van der Waals surface area (Å²) in [5.41, 5.74) is 4.68. The van der Waals surface area contributed by atoms with Gasteiger partial charge in [0.05, 0.1) is 0 Å². The van der Waals surface area contributed by atoms with Crippen LogP contribution in [0, 0.1) is 11.8 Å². The number of carbonyl (C=O) groups excluding carboxylic acids is 2. The van der Waals surface area contributed by atoms with Gasteiger partial charge >= 0.3 is 12.1 Å². The molecule has 1 heterocycles. The van der Waals surface area contributed by atoms with Crippen molar-refractivity contribution in [3.05, 3.63) is 59.7 Å². The molecule has 2 aliphatic carbocycles. The molecule has 1 saturated heterocycles. The maximum Gasteiger partial charge on any atom is 0.407 e. The Morgan fingerprint density at radius 3 is 2.33 bits per heavy atom. The van der Waals surface area contributed by atoms with Crippen LogP contribution in [-0.4, -0.2) is 53.7 Å². The lowest BCUT2D eigenvalue weighted by atomic mass is 9.98. The van der Waals surface area contributed by atoms with Crippen molar-refractivity contribution in [2.24, 2.45) is 11.8 Å². The molecule has 7 heteroatoms. The standard InChI is InChI=1S/C26H28N2O5/c29-24(28-12-6-5-11-23(28)25(30)31)21-13-16(21)14-27-26(32)33-15-22-19-9-3-1-7-17(19)18-8-2-4-10-20(18)22/h1-4,7-10,16,21-23H,5-6,11-15H2,(H,27,32)(H,30,31)/t16?,21?,23-/m0/s1. The van der Waals surface area contributed by atoms with E-state index in [4.69, 9.17) is 4.74 Å². The smallest absolute Gasteiger partial charge is 0.407 e. The second-order valence-electron chi connectivity index (χ2n) is 9.19. The number of ether oxygens (including phenoxy) is 1. The number of piperidine rings is 1. The lowest BCUT2D eigenvalue weighted by molar-refractivity contribution is -0.152. The average Bonchev–Trinajstić information content (AvgIpc) is 3.55. The summed E-state index contributed by atoms with van der Waals surface area (Å²) in [7, 11) is 0. The number of carbonyl (C=O) groups is 3. The number of nitrogens with zero attached hydrogens (tertiary/aromatic N) is 1. The van der Waals surface area contributed by atoms with Gasteiger partial charge in [-0.1, -0.05) is 48.5 Å². The zero-order valence-electron chi connectivity index (χ0n) is 18.4. The quantitative estimate of drug-likeness (QED) is 0.704. The number of aliphatic carboxylic acids is 1. The number of nitrogens with one attached hydrogen (secondary N) is 1. The van der Waals surface area contributed by atoms with Gasteiger partial charge < -0.3 is 20.1 Å². The molecule has 2 amide bonds. The summed E-state index contributed by atoms with van der Waals surface area (Å²) in [5.74, 6) is -1.20. The summed E-state index contributed by atoms with van der Waals surface area (Å²) in [5, 5.41) is 12.2. The molecule has 1 aliphatic heterocycles. The zero-order valence-corrected chi connectivity index (χ0v) is 18.4. The van der Waals surface area contributed by atoms with Crippen LogP contribution < -0.4 is 5.32 Å². The summed E-state index contributed by atoms with van der Waals surface area (Å²) in [6, 6.07) is 15.6. The van der Waals surface area contributed by atoms with Crippen LogP contribution in [-0.2, 0) is 14.3 Å². The Kier molecular flexibility index (Phi) is 5.79. The molecule has 2 unspecified atom stereocenters. The lowest BCUT2D eigenvalue weighted by Crippen LogP contribution is -2.48. The largest absolute Gasteiger partial charge is 0.480 e. The molecule has 2 aromatic carbocycles. The number of benzene rings is 2. The molecular weight excluding hydrogens is 420 g/mol. The minimum absolute atomic E-state index is 0.00505. The number of likely N-dealkylation sites (tertiary alicyclic amines) is 1. The normalized spacial score (nSPS) is 23.4. The van der Waals surface area contributed by atoms with E-state index in [1.54, 1.807) is 0 Å². The van der Waals surface area contributed by atoms with Gasteiger partial charge in [0.15, 0.2) is 0 Å². The van der Waals surface area contributed by atoms with Crippen LogP contribution in [0.15, 0.2) is 48.5 Å². The fourth-order valence-electron chi connectivity index (χ4n) is 5.30. The monoisotopic (exact) mass is 448 g/mol. The second-order valence-corrected chi connectivity index (χ2v) is 9.19. The summed E-state index contributed by atoms with van der Waals surface area (Å²) in [6.07, 6.45) is 2.36. The summed E-state index contributed by atoms with van der Waals surface area (Å²) >= 11 is 0. The molecule has 5 rings (SSSR count). The van der Waals surface area contributed by atoms with E-state index < -0.39 is 18.1 Å². The molecule has 2 fully saturated rings. The van der Waals surface area contributed by atoms with Gasteiger partial charge in [-0.3, -0.25) is 4.79 Å². The summed E-state index contributed by atoms with van der Waals surface area (Å²) in [4.78, 5) is 38.1. The highest BCUT2D eigenvalue weighted by Gasteiger charge is 2.47. The number of hydrogen-bond donors (Lipinski definition) is 2. The summed E-state index contributed by atoms with van der Waals surface area (Å²) < 4.78 is 5.56. The molecule has 0 spiro atoms. The average molecular weight is 449 g/mol. The van der Waals surface area contributed by atoms with E-state index in [-0.39, 0.29) is 30.3 Å². The van der Waals surface area contributed by atoms with Gasteiger partial charge in [0.25, 0.3) is 0 Å². The Labute approximate surface area is 192 Å². The van der Waals surface area contributed by atoms with Crippen molar-refractivity contribution >= 4 is 18.0 Å². The highest BCUT2D eigenvalue weighted by molar-refractivity contribution is 5.87. The molecule has 3 atom stereocenters. The van der Waals surface area contributed by atoms with Gasteiger partial charge in [-0.25, -0.2) is 9.59 Å². The molecule has 33 heavy (non-hydrogen) atoms. The van der Waals surface area contributed by atoms with Crippen molar-refractivity contribution < 1.29 is 24.2 Å². The molecule has 3 aliphatic rings. The number of carboxylic acids is 1. The Morgan fingerprint density at radius 2 is 1.67 bits per heavy atom. The van der Waals surface area contributed by atoms with E-state index in [2.05, 4.69) is 29.6 Å². The number of hydrogen-bond acceptors (Lipinski definition) is 4. The van der Waals surface area contributed by atoms with E-state index in [1.165, 1.54) is 16.0 Å². The third-order valence-electron chi connectivity index (χ3n) is 7.16. The predicted molar refractivity (Wildman–Crippen MR) is 122 cm³/mol. The zero-order chi connectivity index (χ0) is 22.9. The molecule has 7 nitrogen and oxygen atoms in total. The highest BCUT2D eigenvalue weighted by Crippen LogP contribution is 2.44. The Bertz CT molecular complexity index is 1040. The van der Waals surface area contributed by atoms with Crippen LogP contribution in [0.2, 0.25) is 0 Å².